The quantitative estimate of drug-likeness (QED) is 0.850. The molecule has 0 bridgehead atoms. The van der Waals surface area contributed by atoms with E-state index in [4.69, 9.17) is 16.3 Å². The topological polar surface area (TPSA) is 64.6 Å². The Morgan fingerprint density at radius 1 is 1.22 bits per heavy atom. The minimum atomic E-state index is -0.652. The van der Waals surface area contributed by atoms with Crippen LogP contribution in [0.5, 0.6) is 5.75 Å². The van der Waals surface area contributed by atoms with Gasteiger partial charge in [-0.1, -0.05) is 23.7 Å². The molecule has 2 aromatic carbocycles. The molecule has 0 aliphatic carbocycles. The van der Waals surface area contributed by atoms with Gasteiger partial charge in [0.05, 0.1) is 12.8 Å². The van der Waals surface area contributed by atoms with Gasteiger partial charge in [-0.2, -0.15) is 0 Å². The fraction of sp³-hybridized carbons (Fsp3) is 0.125. The van der Waals surface area contributed by atoms with Gasteiger partial charge in [0, 0.05) is 5.02 Å². The molecule has 0 heterocycles. The van der Waals surface area contributed by atoms with Crippen LogP contribution >= 0.6 is 11.6 Å². The van der Waals surface area contributed by atoms with Gasteiger partial charge in [-0.05, 0) is 30.3 Å². The normalized spacial score (nSPS) is 10.0. The summed E-state index contributed by atoms with van der Waals surface area (Å²) < 4.78 is 23.5. The van der Waals surface area contributed by atoms with E-state index in [0.29, 0.717) is 0 Å². The number of anilines is 1. The first-order chi connectivity index (χ1) is 11.0. The number of amides is 1. The van der Waals surface area contributed by atoms with E-state index in [1.165, 1.54) is 31.4 Å². The zero-order valence-electron chi connectivity index (χ0n) is 12.1. The van der Waals surface area contributed by atoms with Crippen molar-refractivity contribution in [3.05, 3.63) is 58.9 Å². The van der Waals surface area contributed by atoms with Crippen LogP contribution < -0.4 is 10.1 Å². The first kappa shape index (κ1) is 16.8. The van der Waals surface area contributed by atoms with Gasteiger partial charge in [0.2, 0.25) is 0 Å². The van der Waals surface area contributed by atoms with E-state index in [2.05, 4.69) is 10.1 Å². The van der Waals surface area contributed by atoms with E-state index >= 15 is 0 Å². The molecule has 0 atom stereocenters. The van der Waals surface area contributed by atoms with E-state index in [9.17, 15) is 14.0 Å². The van der Waals surface area contributed by atoms with Gasteiger partial charge in [0.1, 0.15) is 17.1 Å². The average Bonchev–Trinajstić information content (AvgIpc) is 2.55. The van der Waals surface area contributed by atoms with Crippen LogP contribution in [0.1, 0.15) is 10.4 Å². The highest BCUT2D eigenvalue weighted by Gasteiger charge is 2.14. The molecule has 7 heteroatoms. The number of carbonyl (C=O) groups excluding carboxylic acids is 2. The lowest BCUT2D eigenvalue weighted by atomic mass is 10.2. The summed E-state index contributed by atoms with van der Waals surface area (Å²) in [6, 6.07) is 10.2. The number of benzene rings is 2. The third-order valence-corrected chi connectivity index (χ3v) is 3.09. The summed E-state index contributed by atoms with van der Waals surface area (Å²) in [5.41, 5.74) is 0.185. The van der Waals surface area contributed by atoms with Crippen molar-refractivity contribution in [3.63, 3.8) is 0 Å². The zero-order chi connectivity index (χ0) is 16.8. The van der Waals surface area contributed by atoms with E-state index in [0.717, 1.165) is 6.07 Å². The fourth-order valence-corrected chi connectivity index (χ4v) is 1.95. The molecule has 5 nitrogen and oxygen atoms in total. The number of ether oxygens (including phenoxy) is 2. The van der Waals surface area contributed by atoms with Crippen molar-refractivity contribution in [3.8, 4) is 5.75 Å². The molecule has 0 radical (unpaired) electrons. The minimum absolute atomic E-state index is 0.00995. The van der Waals surface area contributed by atoms with Gasteiger partial charge < -0.3 is 14.8 Å². The van der Waals surface area contributed by atoms with Crippen molar-refractivity contribution >= 4 is 29.2 Å². The maximum absolute atomic E-state index is 13.6. The summed E-state index contributed by atoms with van der Waals surface area (Å²) in [6.45, 7) is -0.393. The predicted molar refractivity (Wildman–Crippen MR) is 83.3 cm³/mol. The van der Waals surface area contributed by atoms with Crippen molar-refractivity contribution in [2.45, 2.75) is 0 Å². The third kappa shape index (κ3) is 4.43. The molecule has 0 saturated carbocycles. The fourth-order valence-electron chi connectivity index (χ4n) is 1.79. The minimum Gasteiger partial charge on any atom is -0.483 e. The number of esters is 1. The molecule has 23 heavy (non-hydrogen) atoms. The molecule has 120 valence electrons. The molecule has 0 aliphatic rings. The summed E-state index contributed by atoms with van der Waals surface area (Å²) in [5.74, 6) is -1.61. The second kappa shape index (κ2) is 7.60. The van der Waals surface area contributed by atoms with E-state index in [1.807, 2.05) is 0 Å². The number of carbonyl (C=O) groups is 2. The summed E-state index contributed by atoms with van der Waals surface area (Å²) in [7, 11) is 1.25. The Kier molecular flexibility index (Phi) is 5.54. The molecule has 0 saturated heterocycles. The van der Waals surface area contributed by atoms with Gasteiger partial charge in [0.25, 0.3) is 5.91 Å². The lowest BCUT2D eigenvalue weighted by Gasteiger charge is -2.10. The predicted octanol–water partition coefficient (Wildman–Crippen LogP) is 3.28. The number of hydrogen-bond donors (Lipinski definition) is 1. The molecular weight excluding hydrogens is 325 g/mol. The largest absolute Gasteiger partial charge is 0.483 e. The summed E-state index contributed by atoms with van der Waals surface area (Å²) in [6.07, 6.45) is 0. The second-order valence-electron chi connectivity index (χ2n) is 4.45. The van der Waals surface area contributed by atoms with Gasteiger partial charge in [0.15, 0.2) is 6.61 Å². The van der Waals surface area contributed by atoms with Crippen LogP contribution in [0.2, 0.25) is 5.02 Å². The Balaban J connectivity index is 2.01. The van der Waals surface area contributed by atoms with Crippen LogP contribution in [-0.2, 0) is 9.53 Å². The van der Waals surface area contributed by atoms with E-state index < -0.39 is 24.3 Å². The van der Waals surface area contributed by atoms with Crippen LogP contribution in [0.3, 0.4) is 0 Å². The number of rotatable bonds is 5. The zero-order valence-corrected chi connectivity index (χ0v) is 12.9. The molecule has 1 N–H and O–H groups in total. The molecule has 0 aliphatic heterocycles. The molecule has 0 unspecified atom stereocenters. The van der Waals surface area contributed by atoms with Gasteiger partial charge in [-0.15, -0.1) is 0 Å². The average molecular weight is 338 g/mol. The molecule has 0 spiro atoms. The standard InChI is InChI=1S/C16H13ClFNO4/c1-22-16(21)11-4-2-3-5-14(11)23-9-15(20)19-13-7-6-10(17)8-12(13)18/h2-8H,9H2,1H3,(H,19,20). The number of methoxy groups -OCH3 is 1. The lowest BCUT2D eigenvalue weighted by molar-refractivity contribution is -0.118. The van der Waals surface area contributed by atoms with Crippen LogP contribution in [0.15, 0.2) is 42.5 Å². The van der Waals surface area contributed by atoms with Gasteiger partial charge in [-0.25, -0.2) is 9.18 Å². The van der Waals surface area contributed by atoms with Crippen LogP contribution in [0, 0.1) is 5.82 Å². The number of para-hydroxylation sites is 1. The van der Waals surface area contributed by atoms with Crippen molar-refractivity contribution < 1.29 is 23.5 Å². The summed E-state index contributed by atoms with van der Waals surface area (Å²) >= 11 is 5.63. The highest BCUT2D eigenvalue weighted by molar-refractivity contribution is 6.30. The van der Waals surface area contributed by atoms with E-state index in [1.54, 1.807) is 12.1 Å². The Morgan fingerprint density at radius 3 is 2.65 bits per heavy atom. The molecular formula is C16H13ClFNO4. The lowest BCUT2D eigenvalue weighted by Crippen LogP contribution is -2.21. The SMILES string of the molecule is COC(=O)c1ccccc1OCC(=O)Nc1ccc(Cl)cc1F. The monoisotopic (exact) mass is 337 g/mol. The Labute approximate surface area is 137 Å². The maximum atomic E-state index is 13.6. The van der Waals surface area contributed by atoms with Gasteiger partial charge in [-0.3, -0.25) is 4.79 Å². The first-order valence-corrected chi connectivity index (χ1v) is 6.94. The smallest absolute Gasteiger partial charge is 0.341 e. The maximum Gasteiger partial charge on any atom is 0.341 e. The number of hydrogen-bond acceptors (Lipinski definition) is 4. The molecule has 2 rings (SSSR count). The van der Waals surface area contributed by atoms with Crippen LogP contribution in [-0.4, -0.2) is 25.6 Å². The highest BCUT2D eigenvalue weighted by atomic mass is 35.5. The Morgan fingerprint density at radius 2 is 1.96 bits per heavy atom. The summed E-state index contributed by atoms with van der Waals surface area (Å²) in [4.78, 5) is 23.4. The van der Waals surface area contributed by atoms with Crippen molar-refractivity contribution in [2.75, 3.05) is 19.0 Å². The first-order valence-electron chi connectivity index (χ1n) is 6.56. The van der Waals surface area contributed by atoms with Crippen molar-refractivity contribution in [2.24, 2.45) is 0 Å². The molecule has 2 aromatic rings. The number of nitrogens with one attached hydrogen (secondary N) is 1. The summed E-state index contributed by atoms with van der Waals surface area (Å²) in [5, 5.41) is 2.58. The highest BCUT2D eigenvalue weighted by Crippen LogP contribution is 2.20. The van der Waals surface area contributed by atoms with Crippen LogP contribution in [0.25, 0.3) is 0 Å². The van der Waals surface area contributed by atoms with E-state index in [-0.39, 0.29) is 22.0 Å². The second-order valence-corrected chi connectivity index (χ2v) is 4.89. The van der Waals surface area contributed by atoms with Crippen LogP contribution in [0.4, 0.5) is 10.1 Å². The van der Waals surface area contributed by atoms with Gasteiger partial charge >= 0.3 is 5.97 Å². The molecule has 0 fully saturated rings. The number of halogens is 2. The van der Waals surface area contributed by atoms with Crippen molar-refractivity contribution in [1.82, 2.24) is 0 Å². The Hall–Kier alpha value is -2.60. The Bertz CT molecular complexity index is 736. The third-order valence-electron chi connectivity index (χ3n) is 2.86. The molecule has 0 aromatic heterocycles. The van der Waals surface area contributed by atoms with Crippen molar-refractivity contribution in [1.29, 1.82) is 0 Å². The molecule has 1 amide bonds.